The number of thioether (sulfide) groups is 1. The van der Waals surface area contributed by atoms with E-state index in [0.717, 1.165) is 24.2 Å². The number of nitrogen functional groups attached to an aromatic ring is 1. The number of nitrogens with one attached hydrogen (secondary N) is 2. The van der Waals surface area contributed by atoms with Gasteiger partial charge in [-0.2, -0.15) is 15.0 Å². The van der Waals surface area contributed by atoms with Crippen LogP contribution in [0.2, 0.25) is 0 Å². The Bertz CT molecular complexity index is 1050. The number of hydrogen-bond donors (Lipinski definition) is 3. The van der Waals surface area contributed by atoms with Crippen LogP contribution in [0.25, 0.3) is 0 Å². The number of hydrogen-bond acceptors (Lipinski definition) is 7. The van der Waals surface area contributed by atoms with Gasteiger partial charge in [-0.05, 0) is 61.6 Å². The first-order valence-corrected chi connectivity index (χ1v) is 11.0. The van der Waals surface area contributed by atoms with Crippen molar-refractivity contribution in [3.05, 3.63) is 65.0 Å². The summed E-state index contributed by atoms with van der Waals surface area (Å²) >= 11 is 1.44. The van der Waals surface area contributed by atoms with Gasteiger partial charge in [0.15, 0.2) is 0 Å². The van der Waals surface area contributed by atoms with Crippen LogP contribution in [0, 0.1) is 6.92 Å². The van der Waals surface area contributed by atoms with Gasteiger partial charge in [-0.3, -0.25) is 4.79 Å². The third-order valence-corrected chi connectivity index (χ3v) is 5.78. The number of rotatable bonds is 7. The predicted octanol–water partition coefficient (Wildman–Crippen LogP) is 3.87. The molecule has 0 saturated carbocycles. The molecule has 7 nitrogen and oxygen atoms in total. The van der Waals surface area contributed by atoms with Crippen molar-refractivity contribution in [3.8, 4) is 0 Å². The molecule has 1 amide bonds. The van der Waals surface area contributed by atoms with Crippen molar-refractivity contribution in [3.63, 3.8) is 0 Å². The summed E-state index contributed by atoms with van der Waals surface area (Å²) < 4.78 is 0. The summed E-state index contributed by atoms with van der Waals surface area (Å²) in [5.74, 6) is 1.81. The topological polar surface area (TPSA) is 106 Å². The van der Waals surface area contributed by atoms with Gasteiger partial charge >= 0.3 is 0 Å². The molecule has 0 aliphatic heterocycles. The van der Waals surface area contributed by atoms with Gasteiger partial charge in [0.2, 0.25) is 17.8 Å². The molecule has 2 aromatic carbocycles. The number of amides is 1. The Morgan fingerprint density at radius 1 is 1.03 bits per heavy atom. The van der Waals surface area contributed by atoms with Crippen LogP contribution < -0.4 is 16.4 Å². The molecule has 4 rings (SSSR count). The average Bonchev–Trinajstić information content (AvgIpc) is 3.17. The molecule has 4 N–H and O–H groups in total. The molecule has 0 saturated heterocycles. The van der Waals surface area contributed by atoms with Gasteiger partial charge in [0.05, 0.1) is 11.5 Å². The Morgan fingerprint density at radius 3 is 2.63 bits per heavy atom. The molecule has 1 heterocycles. The fourth-order valence-corrected chi connectivity index (χ4v) is 4.08. The van der Waals surface area contributed by atoms with E-state index >= 15 is 0 Å². The zero-order valence-corrected chi connectivity index (χ0v) is 17.6. The molecular weight excluding hydrogens is 396 g/mol. The summed E-state index contributed by atoms with van der Waals surface area (Å²) in [6.07, 6.45) is 3.42. The van der Waals surface area contributed by atoms with Crippen LogP contribution in [0.15, 0.2) is 42.5 Å². The van der Waals surface area contributed by atoms with Crippen LogP contribution >= 0.6 is 11.8 Å². The Kier molecular flexibility index (Phi) is 6.13. The highest BCUT2D eigenvalue weighted by molar-refractivity contribution is 7.99. The molecule has 0 unspecified atom stereocenters. The number of carbonyl (C=O) groups is 1. The standard InChI is InChI=1S/C22H24N6OS/c1-14-5-8-17(9-6-14)25-22-27-19(26-21(23)28-22)12-30-13-20(29)24-18-10-7-15-3-2-4-16(15)11-18/h5-11H,2-4,12-13H2,1H3,(H,24,29)(H3,23,25,26,27,28). The number of aromatic nitrogens is 3. The Balaban J connectivity index is 1.30. The number of nitrogens with two attached hydrogens (primary N) is 1. The Morgan fingerprint density at radius 2 is 1.80 bits per heavy atom. The van der Waals surface area contributed by atoms with E-state index in [2.05, 4.69) is 37.7 Å². The van der Waals surface area contributed by atoms with E-state index in [9.17, 15) is 4.79 Å². The van der Waals surface area contributed by atoms with Gasteiger partial charge in [0, 0.05) is 11.4 Å². The lowest BCUT2D eigenvalue weighted by atomic mass is 10.1. The molecule has 1 aromatic heterocycles. The van der Waals surface area contributed by atoms with Crippen molar-refractivity contribution in [2.24, 2.45) is 0 Å². The van der Waals surface area contributed by atoms with Gasteiger partial charge in [-0.15, -0.1) is 11.8 Å². The molecule has 30 heavy (non-hydrogen) atoms. The van der Waals surface area contributed by atoms with E-state index in [0.29, 0.717) is 23.3 Å². The van der Waals surface area contributed by atoms with Crippen molar-refractivity contribution in [1.29, 1.82) is 0 Å². The molecule has 0 atom stereocenters. The number of anilines is 4. The van der Waals surface area contributed by atoms with Crippen molar-refractivity contribution in [2.45, 2.75) is 31.9 Å². The van der Waals surface area contributed by atoms with E-state index in [1.807, 2.05) is 37.3 Å². The van der Waals surface area contributed by atoms with Gasteiger partial charge in [-0.25, -0.2) is 0 Å². The number of benzene rings is 2. The Labute approximate surface area is 179 Å². The fourth-order valence-electron chi connectivity index (χ4n) is 3.41. The molecular formula is C22H24N6OS. The van der Waals surface area contributed by atoms with Crippen molar-refractivity contribution < 1.29 is 4.79 Å². The molecule has 1 aliphatic rings. The van der Waals surface area contributed by atoms with Crippen molar-refractivity contribution >= 4 is 40.9 Å². The first-order valence-electron chi connectivity index (χ1n) is 9.89. The molecule has 1 aliphatic carbocycles. The summed E-state index contributed by atoms with van der Waals surface area (Å²) in [6, 6.07) is 14.1. The molecule has 8 heteroatoms. The summed E-state index contributed by atoms with van der Waals surface area (Å²) in [7, 11) is 0. The minimum atomic E-state index is -0.0435. The van der Waals surface area contributed by atoms with E-state index < -0.39 is 0 Å². The first kappa shape index (κ1) is 20.2. The summed E-state index contributed by atoms with van der Waals surface area (Å²) in [5.41, 5.74) is 11.5. The quantitative estimate of drug-likeness (QED) is 0.533. The monoisotopic (exact) mass is 420 g/mol. The van der Waals surface area contributed by atoms with Crippen LogP contribution in [-0.2, 0) is 23.4 Å². The highest BCUT2D eigenvalue weighted by Crippen LogP contribution is 2.25. The lowest BCUT2D eigenvalue weighted by Gasteiger charge is -2.09. The SMILES string of the molecule is Cc1ccc(Nc2nc(N)nc(CSCC(=O)Nc3ccc4c(c3)CCC4)n2)cc1. The summed E-state index contributed by atoms with van der Waals surface area (Å²) in [5, 5.41) is 6.10. The van der Waals surface area contributed by atoms with Gasteiger partial charge in [0.25, 0.3) is 0 Å². The number of carbonyl (C=O) groups excluding carboxylic acids is 1. The maximum Gasteiger partial charge on any atom is 0.234 e. The van der Waals surface area contributed by atoms with Crippen LogP contribution in [0.3, 0.4) is 0 Å². The molecule has 0 fully saturated rings. The minimum Gasteiger partial charge on any atom is -0.368 e. The van der Waals surface area contributed by atoms with Crippen LogP contribution in [0.4, 0.5) is 23.3 Å². The number of nitrogens with zero attached hydrogens (tertiary/aromatic N) is 3. The van der Waals surface area contributed by atoms with Crippen LogP contribution in [-0.4, -0.2) is 26.6 Å². The van der Waals surface area contributed by atoms with E-state index in [4.69, 9.17) is 5.73 Å². The third kappa shape index (κ3) is 5.27. The lowest BCUT2D eigenvalue weighted by molar-refractivity contribution is -0.113. The second-order valence-corrected chi connectivity index (χ2v) is 8.29. The summed E-state index contributed by atoms with van der Waals surface area (Å²) in [6.45, 7) is 2.03. The molecule has 154 valence electrons. The molecule has 0 bridgehead atoms. The van der Waals surface area contributed by atoms with Gasteiger partial charge in [-0.1, -0.05) is 23.8 Å². The maximum absolute atomic E-state index is 12.3. The number of fused-ring (bicyclic) bond motifs is 1. The smallest absolute Gasteiger partial charge is 0.234 e. The van der Waals surface area contributed by atoms with E-state index in [1.165, 1.54) is 34.9 Å². The van der Waals surface area contributed by atoms with E-state index in [-0.39, 0.29) is 11.9 Å². The molecule has 0 radical (unpaired) electrons. The second-order valence-electron chi connectivity index (χ2n) is 7.30. The fraction of sp³-hybridized carbons (Fsp3) is 0.273. The normalized spacial score (nSPS) is 12.4. The van der Waals surface area contributed by atoms with Crippen LogP contribution in [0.1, 0.15) is 28.9 Å². The van der Waals surface area contributed by atoms with Gasteiger partial charge in [0.1, 0.15) is 5.82 Å². The van der Waals surface area contributed by atoms with Crippen molar-refractivity contribution in [2.75, 3.05) is 22.1 Å². The first-order chi connectivity index (χ1) is 14.5. The van der Waals surface area contributed by atoms with Crippen molar-refractivity contribution in [1.82, 2.24) is 15.0 Å². The number of aryl methyl sites for hydroxylation is 3. The van der Waals surface area contributed by atoms with Crippen LogP contribution in [0.5, 0.6) is 0 Å². The largest absolute Gasteiger partial charge is 0.368 e. The maximum atomic E-state index is 12.3. The third-order valence-electron chi connectivity index (χ3n) is 4.85. The summed E-state index contributed by atoms with van der Waals surface area (Å²) in [4.78, 5) is 25.0. The minimum absolute atomic E-state index is 0.0435. The lowest BCUT2D eigenvalue weighted by Crippen LogP contribution is -2.14. The highest BCUT2D eigenvalue weighted by atomic mass is 32.2. The molecule has 0 spiro atoms. The zero-order chi connectivity index (χ0) is 20.9. The molecule has 3 aromatic rings. The van der Waals surface area contributed by atoms with Gasteiger partial charge < -0.3 is 16.4 Å². The van der Waals surface area contributed by atoms with E-state index in [1.54, 1.807) is 0 Å². The second kappa shape index (κ2) is 9.13. The average molecular weight is 421 g/mol. The Hall–Kier alpha value is -3.13. The zero-order valence-electron chi connectivity index (χ0n) is 16.8. The predicted molar refractivity (Wildman–Crippen MR) is 122 cm³/mol. The highest BCUT2D eigenvalue weighted by Gasteiger charge is 2.12.